The van der Waals surface area contributed by atoms with Gasteiger partial charge in [-0.2, -0.15) is 0 Å². The van der Waals surface area contributed by atoms with E-state index in [9.17, 15) is 4.39 Å². The zero-order valence-electron chi connectivity index (χ0n) is 13.3. The van der Waals surface area contributed by atoms with Crippen LogP contribution in [0.15, 0.2) is 47.7 Å². The van der Waals surface area contributed by atoms with Crippen molar-refractivity contribution in [2.75, 3.05) is 26.8 Å². The highest BCUT2D eigenvalue weighted by atomic mass is 19.1. The number of aromatic amines is 1. The van der Waals surface area contributed by atoms with Crippen LogP contribution in [0.2, 0.25) is 0 Å². The number of nitrogens with zero attached hydrogens (tertiary/aromatic N) is 2. The van der Waals surface area contributed by atoms with Gasteiger partial charge in [-0.3, -0.25) is 4.90 Å². The molecule has 2 heterocycles. The van der Waals surface area contributed by atoms with Crippen molar-refractivity contribution in [2.24, 2.45) is 0 Å². The molecule has 1 aliphatic carbocycles. The minimum Gasteiger partial charge on any atom is -0.333 e. The van der Waals surface area contributed by atoms with E-state index in [-0.39, 0.29) is 6.67 Å². The number of likely N-dealkylation sites (N-methyl/N-ethyl adjacent to an activating group) is 1. The van der Waals surface area contributed by atoms with E-state index in [0.717, 1.165) is 41.7 Å². The molecule has 0 radical (unpaired) electrons. The predicted octanol–water partition coefficient (Wildman–Crippen LogP) is 3.46. The summed E-state index contributed by atoms with van der Waals surface area (Å²) in [4.78, 5) is 9.49. The van der Waals surface area contributed by atoms with Gasteiger partial charge in [0, 0.05) is 30.2 Å². The Bertz CT molecular complexity index is 772. The molecule has 2 aromatic rings. The largest absolute Gasteiger partial charge is 0.333 e. The fourth-order valence-electron chi connectivity index (χ4n) is 2.66. The molecule has 23 heavy (non-hydrogen) atoms. The molecule has 3 rings (SSSR count). The Labute approximate surface area is 135 Å². The number of aromatic nitrogens is 2. The van der Waals surface area contributed by atoms with Gasteiger partial charge < -0.3 is 4.98 Å². The molecule has 118 valence electrons. The third-order valence-electron chi connectivity index (χ3n) is 3.92. The van der Waals surface area contributed by atoms with E-state index in [0.29, 0.717) is 6.54 Å². The number of alkyl halides is 1. The van der Waals surface area contributed by atoms with Crippen molar-refractivity contribution in [1.29, 1.82) is 0 Å². The lowest BCUT2D eigenvalue weighted by Gasteiger charge is -2.18. The quantitative estimate of drug-likeness (QED) is 0.877. The van der Waals surface area contributed by atoms with Crippen LogP contribution in [0.5, 0.6) is 0 Å². The number of hydrogen-bond acceptors (Lipinski definition) is 2. The van der Waals surface area contributed by atoms with Crippen LogP contribution in [0.1, 0.15) is 18.5 Å². The van der Waals surface area contributed by atoms with Crippen molar-refractivity contribution in [3.05, 3.63) is 53.4 Å². The maximum atomic E-state index is 12.3. The molecular formula is C19H20FN3. The number of nitrogens with one attached hydrogen (secondary N) is 1. The second-order valence-corrected chi connectivity index (χ2v) is 5.82. The van der Waals surface area contributed by atoms with Crippen molar-refractivity contribution in [1.82, 2.24) is 14.9 Å². The van der Waals surface area contributed by atoms with Crippen LogP contribution in [0, 0.1) is 11.8 Å². The Balaban J connectivity index is 1.67. The number of halogens is 1. The average molecular weight is 309 g/mol. The van der Waals surface area contributed by atoms with E-state index in [2.05, 4.69) is 34.0 Å². The standard InChI is InChI=1S/C19H20FN3/c1-23(12-10-20)14-16-6-4-15(5-7-16)8-9-18-13-17-3-2-11-21-19(17)22-18/h2-4,6,11,13H,5,7,10,12,14H2,1H3,(H,21,22). The van der Waals surface area contributed by atoms with E-state index in [1.165, 1.54) is 5.57 Å². The molecule has 0 spiro atoms. The first-order valence-corrected chi connectivity index (χ1v) is 7.83. The molecule has 4 heteroatoms. The summed E-state index contributed by atoms with van der Waals surface area (Å²) in [6.45, 7) is 1.02. The first kappa shape index (κ1) is 15.5. The van der Waals surface area contributed by atoms with Crippen molar-refractivity contribution >= 4 is 11.0 Å². The van der Waals surface area contributed by atoms with Crippen LogP contribution in [-0.4, -0.2) is 41.7 Å². The van der Waals surface area contributed by atoms with Gasteiger partial charge in [-0.25, -0.2) is 9.37 Å². The summed E-state index contributed by atoms with van der Waals surface area (Å²) in [5.74, 6) is 6.41. The number of fused-ring (bicyclic) bond motifs is 1. The van der Waals surface area contributed by atoms with Crippen LogP contribution >= 0.6 is 0 Å². The molecule has 3 nitrogen and oxygen atoms in total. The lowest BCUT2D eigenvalue weighted by atomic mass is 9.98. The molecule has 0 saturated carbocycles. The number of H-pyrrole nitrogens is 1. The summed E-state index contributed by atoms with van der Waals surface area (Å²) >= 11 is 0. The smallest absolute Gasteiger partial charge is 0.138 e. The van der Waals surface area contributed by atoms with E-state index in [1.807, 2.05) is 30.1 Å². The minimum absolute atomic E-state index is 0.296. The van der Waals surface area contributed by atoms with E-state index < -0.39 is 0 Å². The molecule has 1 N–H and O–H groups in total. The number of hydrogen-bond donors (Lipinski definition) is 1. The number of rotatable bonds is 4. The maximum absolute atomic E-state index is 12.3. The van der Waals surface area contributed by atoms with Crippen molar-refractivity contribution < 1.29 is 4.39 Å². The molecule has 1 aliphatic rings. The van der Waals surface area contributed by atoms with E-state index in [1.54, 1.807) is 6.20 Å². The maximum Gasteiger partial charge on any atom is 0.138 e. The first-order valence-electron chi connectivity index (χ1n) is 7.83. The second-order valence-electron chi connectivity index (χ2n) is 5.82. The fourth-order valence-corrected chi connectivity index (χ4v) is 2.66. The molecule has 0 bridgehead atoms. The molecule has 0 aliphatic heterocycles. The minimum atomic E-state index is -0.296. The highest BCUT2D eigenvalue weighted by Crippen LogP contribution is 2.19. The third-order valence-corrected chi connectivity index (χ3v) is 3.92. The van der Waals surface area contributed by atoms with Crippen LogP contribution in [-0.2, 0) is 0 Å². The molecule has 0 fully saturated rings. The molecule has 2 aromatic heterocycles. The molecule has 0 atom stereocenters. The monoisotopic (exact) mass is 309 g/mol. The van der Waals surface area contributed by atoms with Crippen molar-refractivity contribution in [2.45, 2.75) is 12.8 Å². The van der Waals surface area contributed by atoms with Gasteiger partial charge in [-0.15, -0.1) is 0 Å². The predicted molar refractivity (Wildman–Crippen MR) is 91.8 cm³/mol. The van der Waals surface area contributed by atoms with Crippen LogP contribution in [0.3, 0.4) is 0 Å². The topological polar surface area (TPSA) is 31.9 Å². The van der Waals surface area contributed by atoms with Gasteiger partial charge in [0.15, 0.2) is 0 Å². The van der Waals surface area contributed by atoms with E-state index in [4.69, 9.17) is 0 Å². The first-order chi connectivity index (χ1) is 11.2. The Morgan fingerprint density at radius 1 is 1.30 bits per heavy atom. The van der Waals surface area contributed by atoms with E-state index >= 15 is 0 Å². The van der Waals surface area contributed by atoms with Gasteiger partial charge in [0.1, 0.15) is 12.3 Å². The Morgan fingerprint density at radius 3 is 2.96 bits per heavy atom. The highest BCUT2D eigenvalue weighted by molar-refractivity contribution is 5.77. The summed E-state index contributed by atoms with van der Waals surface area (Å²) in [5, 5.41) is 1.08. The Morgan fingerprint density at radius 2 is 2.22 bits per heavy atom. The summed E-state index contributed by atoms with van der Waals surface area (Å²) in [5.41, 5.74) is 4.22. The molecule has 0 amide bonds. The van der Waals surface area contributed by atoms with Gasteiger partial charge in [0.05, 0.1) is 5.69 Å². The van der Waals surface area contributed by atoms with Crippen LogP contribution in [0.25, 0.3) is 11.0 Å². The average Bonchev–Trinajstić information content (AvgIpc) is 2.97. The summed E-state index contributed by atoms with van der Waals surface area (Å²) < 4.78 is 12.3. The molecule has 0 saturated heterocycles. The van der Waals surface area contributed by atoms with Gasteiger partial charge in [-0.1, -0.05) is 23.6 Å². The lowest BCUT2D eigenvalue weighted by Crippen LogP contribution is -2.23. The van der Waals surface area contributed by atoms with Gasteiger partial charge in [0.2, 0.25) is 0 Å². The third kappa shape index (κ3) is 4.08. The Kier molecular flexibility index (Phi) is 4.89. The SMILES string of the molecule is CN(CCF)CC1=CC=C(C#Cc2cc3cccnc3[nH]2)CC1. The summed E-state index contributed by atoms with van der Waals surface area (Å²) in [6, 6.07) is 5.96. The second kappa shape index (κ2) is 7.26. The van der Waals surface area contributed by atoms with Crippen molar-refractivity contribution in [3.63, 3.8) is 0 Å². The van der Waals surface area contributed by atoms with Crippen LogP contribution < -0.4 is 0 Å². The Hall–Kier alpha value is -2.38. The lowest BCUT2D eigenvalue weighted by molar-refractivity contribution is 0.312. The zero-order chi connectivity index (χ0) is 16.1. The summed E-state index contributed by atoms with van der Waals surface area (Å²) in [6.07, 6.45) is 7.91. The van der Waals surface area contributed by atoms with Crippen molar-refractivity contribution in [3.8, 4) is 11.8 Å². The number of allylic oxidation sites excluding steroid dienone is 3. The zero-order valence-corrected chi connectivity index (χ0v) is 13.3. The van der Waals surface area contributed by atoms with Gasteiger partial charge >= 0.3 is 0 Å². The number of pyridine rings is 1. The fraction of sp³-hybridized carbons (Fsp3) is 0.316. The normalized spacial score (nSPS) is 14.4. The van der Waals surface area contributed by atoms with Gasteiger partial charge in [-0.05, 0) is 44.0 Å². The molecule has 0 aromatic carbocycles. The van der Waals surface area contributed by atoms with Crippen LogP contribution in [0.4, 0.5) is 4.39 Å². The van der Waals surface area contributed by atoms with Gasteiger partial charge in [0.25, 0.3) is 0 Å². The molecular weight excluding hydrogens is 289 g/mol. The highest BCUT2D eigenvalue weighted by Gasteiger charge is 2.07. The summed E-state index contributed by atoms with van der Waals surface area (Å²) in [7, 11) is 1.95. The molecule has 0 unspecified atom stereocenters.